The van der Waals surface area contributed by atoms with Crippen LogP contribution >= 0.6 is 11.6 Å². The Hall–Kier alpha value is -2.86. The first-order chi connectivity index (χ1) is 13.6. The second-order valence-corrected chi connectivity index (χ2v) is 6.92. The highest BCUT2D eigenvalue weighted by Gasteiger charge is 2.20. The van der Waals surface area contributed by atoms with Crippen LogP contribution in [-0.4, -0.2) is 34.3 Å². The molecule has 0 saturated carbocycles. The van der Waals surface area contributed by atoms with Gasteiger partial charge in [0.1, 0.15) is 0 Å². The van der Waals surface area contributed by atoms with E-state index in [1.807, 2.05) is 30.3 Å². The molecule has 2 aromatic heterocycles. The van der Waals surface area contributed by atoms with Gasteiger partial charge in [0.05, 0.1) is 5.52 Å². The Morgan fingerprint density at radius 1 is 1.04 bits per heavy atom. The third-order valence-corrected chi connectivity index (χ3v) is 4.65. The number of pyridine rings is 1. The number of nitrogens with zero attached hydrogens (tertiary/aromatic N) is 2. The molecule has 0 radical (unpaired) electrons. The van der Waals surface area contributed by atoms with Gasteiger partial charge in [-0.3, -0.25) is 14.0 Å². The summed E-state index contributed by atoms with van der Waals surface area (Å²) >= 11 is 5.89. The number of amides is 2. The van der Waals surface area contributed by atoms with Gasteiger partial charge in [0.2, 0.25) is 5.82 Å². The van der Waals surface area contributed by atoms with Crippen LogP contribution in [0.4, 0.5) is 0 Å². The van der Waals surface area contributed by atoms with Gasteiger partial charge in [0.15, 0.2) is 5.69 Å². The number of halogens is 1. The minimum atomic E-state index is -0.301. The van der Waals surface area contributed by atoms with Crippen LogP contribution in [0.25, 0.3) is 5.52 Å². The Kier molecular flexibility index (Phi) is 6.66. The second kappa shape index (κ2) is 9.37. The first kappa shape index (κ1) is 19.9. The van der Waals surface area contributed by atoms with E-state index in [0.717, 1.165) is 18.4 Å². The van der Waals surface area contributed by atoms with Gasteiger partial charge in [-0.25, -0.2) is 4.98 Å². The number of carbonyl (C=O) groups excluding carboxylic acids is 2. The van der Waals surface area contributed by atoms with Crippen molar-refractivity contribution >= 4 is 28.9 Å². The topological polar surface area (TPSA) is 75.5 Å². The van der Waals surface area contributed by atoms with Crippen LogP contribution in [-0.2, 0) is 6.42 Å². The van der Waals surface area contributed by atoms with Crippen molar-refractivity contribution in [3.8, 4) is 0 Å². The molecule has 3 aromatic rings. The number of rotatable bonds is 8. The van der Waals surface area contributed by atoms with Gasteiger partial charge >= 0.3 is 0 Å². The summed E-state index contributed by atoms with van der Waals surface area (Å²) in [5, 5.41) is 6.41. The maximum absolute atomic E-state index is 12.7. The number of hydrogen-bond donors (Lipinski definition) is 2. The zero-order valence-corrected chi connectivity index (χ0v) is 16.5. The van der Waals surface area contributed by atoms with Crippen molar-refractivity contribution in [2.45, 2.75) is 26.2 Å². The summed E-state index contributed by atoms with van der Waals surface area (Å²) < 4.78 is 1.65. The van der Waals surface area contributed by atoms with Crippen LogP contribution < -0.4 is 10.6 Å². The molecule has 7 heteroatoms. The molecular formula is C21H23ClN4O2. The summed E-state index contributed by atoms with van der Waals surface area (Å²) in [7, 11) is 0. The van der Waals surface area contributed by atoms with E-state index >= 15 is 0 Å². The Balaban J connectivity index is 1.71. The van der Waals surface area contributed by atoms with Crippen LogP contribution in [0.15, 0.2) is 48.7 Å². The van der Waals surface area contributed by atoms with Crippen molar-refractivity contribution in [1.29, 1.82) is 0 Å². The van der Waals surface area contributed by atoms with E-state index in [2.05, 4.69) is 22.5 Å². The molecule has 6 nitrogen and oxygen atoms in total. The van der Waals surface area contributed by atoms with E-state index in [-0.39, 0.29) is 23.3 Å². The number of imidazole rings is 1. The van der Waals surface area contributed by atoms with Crippen LogP contribution in [0, 0.1) is 0 Å². The van der Waals surface area contributed by atoms with E-state index in [1.165, 1.54) is 0 Å². The van der Waals surface area contributed by atoms with E-state index in [4.69, 9.17) is 11.6 Å². The lowest BCUT2D eigenvalue weighted by Crippen LogP contribution is -2.27. The predicted octanol–water partition coefficient (Wildman–Crippen LogP) is 3.49. The predicted molar refractivity (Wildman–Crippen MR) is 110 cm³/mol. The van der Waals surface area contributed by atoms with Gasteiger partial charge in [-0.05, 0) is 42.7 Å². The molecule has 0 aliphatic heterocycles. The quantitative estimate of drug-likeness (QED) is 0.570. The van der Waals surface area contributed by atoms with E-state index < -0.39 is 0 Å². The number of carbonyl (C=O) groups is 2. The molecular weight excluding hydrogens is 376 g/mol. The molecule has 3 rings (SSSR count). The lowest BCUT2D eigenvalue weighted by atomic mass is 10.1. The molecule has 0 unspecified atom stereocenters. The SMILES string of the molecule is CCCCNC(=O)c1nc(C(=O)NCCc2ccc(Cl)cc2)c2ccccn12. The Morgan fingerprint density at radius 2 is 1.79 bits per heavy atom. The van der Waals surface area contributed by atoms with Crippen molar-refractivity contribution in [1.82, 2.24) is 20.0 Å². The summed E-state index contributed by atoms with van der Waals surface area (Å²) in [4.78, 5) is 29.4. The van der Waals surface area contributed by atoms with Crippen molar-refractivity contribution in [3.05, 3.63) is 70.8 Å². The molecule has 0 atom stereocenters. The summed E-state index contributed by atoms with van der Waals surface area (Å²) in [5.74, 6) is -0.366. The minimum absolute atomic E-state index is 0.217. The van der Waals surface area contributed by atoms with Gasteiger partial charge in [0.25, 0.3) is 11.8 Å². The summed E-state index contributed by atoms with van der Waals surface area (Å²) in [6.07, 6.45) is 4.30. The van der Waals surface area contributed by atoms with Crippen LogP contribution in [0.2, 0.25) is 5.02 Å². The molecule has 0 fully saturated rings. The highest BCUT2D eigenvalue weighted by Crippen LogP contribution is 2.14. The molecule has 2 heterocycles. The fourth-order valence-corrected chi connectivity index (χ4v) is 3.00. The molecule has 0 saturated heterocycles. The van der Waals surface area contributed by atoms with Gasteiger partial charge in [-0.15, -0.1) is 0 Å². The number of benzene rings is 1. The van der Waals surface area contributed by atoms with E-state index in [0.29, 0.717) is 30.0 Å². The third-order valence-electron chi connectivity index (χ3n) is 4.39. The maximum Gasteiger partial charge on any atom is 0.287 e. The minimum Gasteiger partial charge on any atom is -0.350 e. The molecule has 0 aliphatic carbocycles. The number of hydrogen-bond acceptors (Lipinski definition) is 3. The van der Waals surface area contributed by atoms with E-state index in [9.17, 15) is 9.59 Å². The Labute approximate surface area is 168 Å². The molecule has 2 amide bonds. The fourth-order valence-electron chi connectivity index (χ4n) is 2.88. The number of aromatic nitrogens is 2. The average molecular weight is 399 g/mol. The largest absolute Gasteiger partial charge is 0.350 e. The molecule has 146 valence electrons. The summed E-state index contributed by atoms with van der Waals surface area (Å²) in [6.45, 7) is 3.10. The van der Waals surface area contributed by atoms with Gasteiger partial charge in [0, 0.05) is 24.3 Å². The molecule has 2 N–H and O–H groups in total. The second-order valence-electron chi connectivity index (χ2n) is 6.48. The maximum atomic E-state index is 12.7. The van der Waals surface area contributed by atoms with Gasteiger partial charge < -0.3 is 10.6 Å². The number of nitrogens with one attached hydrogen (secondary N) is 2. The molecule has 28 heavy (non-hydrogen) atoms. The summed E-state index contributed by atoms with van der Waals surface area (Å²) in [6, 6.07) is 12.9. The van der Waals surface area contributed by atoms with Crippen LogP contribution in [0.3, 0.4) is 0 Å². The zero-order chi connectivity index (χ0) is 19.9. The van der Waals surface area contributed by atoms with Crippen molar-refractivity contribution in [2.24, 2.45) is 0 Å². The zero-order valence-electron chi connectivity index (χ0n) is 15.7. The smallest absolute Gasteiger partial charge is 0.287 e. The first-order valence-corrected chi connectivity index (χ1v) is 9.76. The highest BCUT2D eigenvalue weighted by molar-refractivity contribution is 6.30. The van der Waals surface area contributed by atoms with Gasteiger partial charge in [-0.2, -0.15) is 0 Å². The lowest BCUT2D eigenvalue weighted by molar-refractivity contribution is 0.0942. The van der Waals surface area contributed by atoms with Crippen LogP contribution in [0.5, 0.6) is 0 Å². The Morgan fingerprint density at radius 3 is 2.54 bits per heavy atom. The lowest BCUT2D eigenvalue weighted by Gasteiger charge is -2.04. The standard InChI is InChI=1S/C21H23ClN4O2/c1-2-3-12-23-21(28)19-25-18(17-6-4-5-14-26(17)19)20(27)24-13-11-15-7-9-16(22)10-8-15/h4-10,14H,2-3,11-13H2,1H3,(H,23,28)(H,24,27). The number of unbranched alkanes of at least 4 members (excludes halogenated alkanes) is 1. The first-order valence-electron chi connectivity index (χ1n) is 9.38. The monoisotopic (exact) mass is 398 g/mol. The summed E-state index contributed by atoms with van der Waals surface area (Å²) in [5.41, 5.74) is 1.93. The van der Waals surface area contributed by atoms with Crippen molar-refractivity contribution < 1.29 is 9.59 Å². The normalized spacial score (nSPS) is 10.8. The van der Waals surface area contributed by atoms with E-state index in [1.54, 1.807) is 22.7 Å². The molecule has 1 aromatic carbocycles. The number of fused-ring (bicyclic) bond motifs is 1. The van der Waals surface area contributed by atoms with Crippen molar-refractivity contribution in [3.63, 3.8) is 0 Å². The average Bonchev–Trinajstić information content (AvgIpc) is 3.09. The van der Waals surface area contributed by atoms with Crippen LogP contribution in [0.1, 0.15) is 46.4 Å². The molecule has 0 spiro atoms. The molecule has 0 aliphatic rings. The van der Waals surface area contributed by atoms with Gasteiger partial charge in [-0.1, -0.05) is 43.1 Å². The fraction of sp³-hybridized carbons (Fsp3) is 0.286. The third kappa shape index (κ3) is 4.70. The molecule has 0 bridgehead atoms. The Bertz CT molecular complexity index is 966. The van der Waals surface area contributed by atoms with Crippen molar-refractivity contribution in [2.75, 3.05) is 13.1 Å². The highest BCUT2D eigenvalue weighted by atomic mass is 35.5.